The van der Waals surface area contributed by atoms with E-state index in [9.17, 15) is 17.2 Å². The van der Waals surface area contributed by atoms with Gasteiger partial charge in [0.1, 0.15) is 4.90 Å². The molecular formula is C21H27F2N7O3S2. The number of sulfonamides is 1. The van der Waals surface area contributed by atoms with Gasteiger partial charge in [0.05, 0.1) is 36.2 Å². The zero-order valence-electron chi connectivity index (χ0n) is 19.8. The lowest BCUT2D eigenvalue weighted by Crippen LogP contribution is -2.59. The summed E-state index contributed by atoms with van der Waals surface area (Å²) in [6.45, 7) is 7.97. The molecule has 10 nitrogen and oxygen atoms in total. The van der Waals surface area contributed by atoms with Gasteiger partial charge in [-0.05, 0) is 33.9 Å². The normalized spacial score (nSPS) is 23.2. The van der Waals surface area contributed by atoms with Gasteiger partial charge in [0, 0.05) is 31.4 Å². The van der Waals surface area contributed by atoms with Crippen LogP contribution in [0.25, 0.3) is 16.3 Å². The summed E-state index contributed by atoms with van der Waals surface area (Å²) >= 11 is 0.735. The second-order valence-corrected chi connectivity index (χ2v) is 12.3. The van der Waals surface area contributed by atoms with Crippen LogP contribution in [0.3, 0.4) is 0 Å². The molecule has 0 aliphatic carbocycles. The van der Waals surface area contributed by atoms with Gasteiger partial charge in [-0.1, -0.05) is 11.3 Å². The van der Waals surface area contributed by atoms with Gasteiger partial charge in [0.25, 0.3) is 6.43 Å². The quantitative estimate of drug-likeness (QED) is 0.521. The first kappa shape index (κ1) is 24.4. The highest BCUT2D eigenvalue weighted by Gasteiger charge is 2.38. The molecule has 2 aliphatic rings. The lowest BCUT2D eigenvalue weighted by atomic mass is 10.0. The first-order valence-electron chi connectivity index (χ1n) is 11.2. The third-order valence-electron chi connectivity index (χ3n) is 6.65. The van der Waals surface area contributed by atoms with Crippen molar-refractivity contribution in [1.82, 2.24) is 29.2 Å². The lowest BCUT2D eigenvalue weighted by molar-refractivity contribution is -0.0523. The molecule has 5 heterocycles. The van der Waals surface area contributed by atoms with Gasteiger partial charge in [-0.25, -0.2) is 26.9 Å². The second-order valence-electron chi connectivity index (χ2n) is 9.57. The summed E-state index contributed by atoms with van der Waals surface area (Å²) in [5.41, 5.74) is 0.676. The Hall–Kier alpha value is -2.26. The zero-order valence-corrected chi connectivity index (χ0v) is 21.4. The van der Waals surface area contributed by atoms with Crippen molar-refractivity contribution in [2.75, 3.05) is 38.3 Å². The standard InChI is InChI=1S/C21H27F2N7O3S2/c1-12-7-29(8-13(2)28(12)4)15-5-14(35(31,32)27-21(3)10-33-11-21)9-30-16(15)6-24-18(30)20-26-25-19(34-20)17(22)23/h5-6,9,12-13,17,27H,7-8,10-11H2,1-4H3/t12-,13-/m0/s1. The van der Waals surface area contributed by atoms with Crippen LogP contribution in [0.5, 0.6) is 0 Å². The van der Waals surface area contributed by atoms with E-state index in [1.165, 1.54) is 6.20 Å². The van der Waals surface area contributed by atoms with Crippen LogP contribution in [0.2, 0.25) is 0 Å². The summed E-state index contributed by atoms with van der Waals surface area (Å²) in [5.74, 6) is 0.260. The summed E-state index contributed by atoms with van der Waals surface area (Å²) in [7, 11) is -1.85. The summed E-state index contributed by atoms with van der Waals surface area (Å²) in [4.78, 5) is 8.90. The molecule has 0 saturated carbocycles. The smallest absolute Gasteiger partial charge is 0.291 e. The number of piperazine rings is 1. The molecule has 2 fully saturated rings. The molecular weight excluding hydrogens is 500 g/mol. The molecule has 2 saturated heterocycles. The van der Waals surface area contributed by atoms with E-state index in [0.29, 0.717) is 24.3 Å². The number of alkyl halides is 2. The number of fused-ring (bicyclic) bond motifs is 1. The molecule has 0 aromatic carbocycles. The first-order chi connectivity index (χ1) is 16.5. The Balaban J connectivity index is 1.65. The highest BCUT2D eigenvalue weighted by molar-refractivity contribution is 7.89. The summed E-state index contributed by atoms with van der Waals surface area (Å²) < 4.78 is 62.6. The predicted molar refractivity (Wildman–Crippen MR) is 127 cm³/mol. The molecule has 2 aliphatic heterocycles. The van der Waals surface area contributed by atoms with Gasteiger partial charge in [-0.2, -0.15) is 0 Å². The van der Waals surface area contributed by atoms with E-state index in [0.717, 1.165) is 11.3 Å². The maximum absolute atomic E-state index is 13.4. The molecule has 190 valence electrons. The Morgan fingerprint density at radius 3 is 2.49 bits per heavy atom. The monoisotopic (exact) mass is 527 g/mol. The number of nitrogens with one attached hydrogen (secondary N) is 1. The van der Waals surface area contributed by atoms with Crippen molar-refractivity contribution in [3.8, 4) is 10.8 Å². The number of halogens is 2. The van der Waals surface area contributed by atoms with Crippen LogP contribution in [0, 0.1) is 0 Å². The minimum atomic E-state index is -3.92. The molecule has 0 unspecified atom stereocenters. The van der Waals surface area contributed by atoms with Crippen molar-refractivity contribution in [1.29, 1.82) is 0 Å². The SMILES string of the molecule is C[C@H]1CN(c2cc(S(=O)(=O)NC3(C)COC3)cn3c(-c4nnc(C(F)F)s4)ncc23)C[C@H](C)N1C. The van der Waals surface area contributed by atoms with Crippen molar-refractivity contribution in [3.63, 3.8) is 0 Å². The molecule has 0 amide bonds. The third-order valence-corrected chi connectivity index (χ3v) is 9.18. The number of pyridine rings is 1. The highest BCUT2D eigenvalue weighted by Crippen LogP contribution is 2.34. The van der Waals surface area contributed by atoms with Crippen LogP contribution in [-0.4, -0.2) is 83.9 Å². The first-order valence-corrected chi connectivity index (χ1v) is 13.5. The number of likely N-dealkylation sites (N-methyl/N-ethyl adjacent to an activating group) is 1. The van der Waals surface area contributed by atoms with Gasteiger partial charge in [0.2, 0.25) is 10.0 Å². The van der Waals surface area contributed by atoms with Gasteiger partial charge in [0.15, 0.2) is 15.8 Å². The number of aromatic nitrogens is 4. The molecule has 35 heavy (non-hydrogen) atoms. The van der Waals surface area contributed by atoms with Crippen LogP contribution in [0.15, 0.2) is 23.4 Å². The van der Waals surface area contributed by atoms with E-state index in [4.69, 9.17) is 4.74 Å². The van der Waals surface area contributed by atoms with Gasteiger partial charge >= 0.3 is 0 Å². The van der Waals surface area contributed by atoms with Crippen molar-refractivity contribution in [2.45, 2.75) is 49.7 Å². The number of nitrogens with zero attached hydrogens (tertiary/aromatic N) is 6. The number of rotatable bonds is 6. The Bertz CT molecular complexity index is 1340. The number of anilines is 1. The summed E-state index contributed by atoms with van der Waals surface area (Å²) in [6, 6.07) is 2.13. The van der Waals surface area contributed by atoms with E-state index in [-0.39, 0.29) is 41.0 Å². The minimum absolute atomic E-state index is 0.0465. The fourth-order valence-electron chi connectivity index (χ4n) is 4.48. The van der Waals surface area contributed by atoms with E-state index in [1.807, 2.05) is 0 Å². The molecule has 0 bridgehead atoms. The predicted octanol–water partition coefficient (Wildman–Crippen LogP) is 2.39. The van der Waals surface area contributed by atoms with Gasteiger partial charge in [-0.15, -0.1) is 10.2 Å². The Labute approximate surface area is 206 Å². The Morgan fingerprint density at radius 2 is 1.91 bits per heavy atom. The van der Waals surface area contributed by atoms with Crippen molar-refractivity contribution in [2.24, 2.45) is 0 Å². The topological polar surface area (TPSA) is 105 Å². The molecule has 3 aromatic rings. The summed E-state index contributed by atoms with van der Waals surface area (Å²) in [6.07, 6.45) is 0.327. The fourth-order valence-corrected chi connectivity index (χ4v) is 6.57. The van der Waals surface area contributed by atoms with E-state index >= 15 is 0 Å². The van der Waals surface area contributed by atoms with E-state index < -0.39 is 27.0 Å². The maximum atomic E-state index is 13.4. The van der Waals surface area contributed by atoms with Crippen LogP contribution in [-0.2, 0) is 14.8 Å². The van der Waals surface area contributed by atoms with Crippen molar-refractivity contribution >= 4 is 32.6 Å². The highest BCUT2D eigenvalue weighted by atomic mass is 32.2. The number of ether oxygens (including phenoxy) is 1. The average molecular weight is 528 g/mol. The molecule has 3 aromatic heterocycles. The van der Waals surface area contributed by atoms with Crippen LogP contribution < -0.4 is 9.62 Å². The lowest BCUT2D eigenvalue weighted by Gasteiger charge is -2.43. The fraction of sp³-hybridized carbons (Fsp3) is 0.571. The molecule has 14 heteroatoms. The summed E-state index contributed by atoms with van der Waals surface area (Å²) in [5, 5.41) is 7.22. The third kappa shape index (κ3) is 4.42. The van der Waals surface area contributed by atoms with E-state index in [2.05, 4.69) is 50.6 Å². The molecule has 0 spiro atoms. The molecule has 0 radical (unpaired) electrons. The Kier molecular flexibility index (Phi) is 6.07. The van der Waals surface area contributed by atoms with Crippen LogP contribution >= 0.6 is 11.3 Å². The van der Waals surface area contributed by atoms with Gasteiger partial charge < -0.3 is 9.64 Å². The van der Waals surface area contributed by atoms with Crippen molar-refractivity contribution < 1.29 is 21.9 Å². The molecule has 1 N–H and O–H groups in total. The number of hydrogen-bond donors (Lipinski definition) is 1. The zero-order chi connectivity index (χ0) is 25.1. The molecule has 2 atom stereocenters. The van der Waals surface area contributed by atoms with Crippen molar-refractivity contribution in [3.05, 3.63) is 23.5 Å². The van der Waals surface area contributed by atoms with Gasteiger partial charge in [-0.3, -0.25) is 9.30 Å². The minimum Gasteiger partial charge on any atom is -0.377 e. The van der Waals surface area contributed by atoms with E-state index in [1.54, 1.807) is 23.6 Å². The molecule has 5 rings (SSSR count). The van der Waals surface area contributed by atoms with Crippen LogP contribution in [0.1, 0.15) is 32.2 Å². The maximum Gasteiger partial charge on any atom is 0.291 e. The second kappa shape index (κ2) is 8.69. The largest absolute Gasteiger partial charge is 0.377 e. The average Bonchev–Trinajstić information content (AvgIpc) is 3.42. The number of imidazole rings is 1. The van der Waals surface area contributed by atoms with Crippen LogP contribution in [0.4, 0.5) is 14.5 Å². The number of hydrogen-bond acceptors (Lipinski definition) is 9. The Morgan fingerprint density at radius 1 is 1.23 bits per heavy atom.